The molecular weight excluding hydrogens is 406 g/mol. The Kier molecular flexibility index (Phi) is 7.56. The fourth-order valence-corrected chi connectivity index (χ4v) is 3.37. The van der Waals surface area contributed by atoms with Crippen molar-refractivity contribution >= 4 is 29.0 Å². The number of pyridine rings is 1. The Morgan fingerprint density at radius 1 is 1.06 bits per heavy atom. The van der Waals surface area contributed by atoms with Crippen LogP contribution >= 0.6 is 0 Å². The lowest BCUT2D eigenvalue weighted by Crippen LogP contribution is -2.37. The second-order valence-corrected chi connectivity index (χ2v) is 7.40. The molecule has 0 bridgehead atoms. The van der Waals surface area contributed by atoms with Crippen LogP contribution in [-0.4, -0.2) is 65.2 Å². The maximum absolute atomic E-state index is 12.3. The van der Waals surface area contributed by atoms with E-state index in [2.05, 4.69) is 35.8 Å². The Morgan fingerprint density at radius 3 is 2.78 bits per heavy atom. The summed E-state index contributed by atoms with van der Waals surface area (Å²) in [6.07, 6.45) is 5.91. The molecule has 9 nitrogen and oxygen atoms in total. The molecule has 1 aromatic carbocycles. The van der Waals surface area contributed by atoms with Crippen LogP contribution in [0.1, 0.15) is 16.8 Å². The standard InChI is InChI=1S/C23H27N7O2/c31-22(18-4-2-8-24-17-18)27-19-5-1-6-20(16-19)28-23-26-10-7-21(29-23)25-9-3-11-30-12-14-32-15-13-30/h1-2,4-8,10,16-17H,3,9,11-15H2,(H,27,31)(H2,25,26,28,29). The number of nitrogens with zero attached hydrogens (tertiary/aromatic N) is 4. The highest BCUT2D eigenvalue weighted by Crippen LogP contribution is 2.19. The van der Waals surface area contributed by atoms with Gasteiger partial charge in [0.2, 0.25) is 5.95 Å². The van der Waals surface area contributed by atoms with Gasteiger partial charge in [-0.1, -0.05) is 6.07 Å². The van der Waals surface area contributed by atoms with E-state index < -0.39 is 0 Å². The number of amides is 1. The number of aromatic nitrogens is 3. The van der Waals surface area contributed by atoms with Crippen LogP contribution in [0.4, 0.5) is 23.1 Å². The number of hydrogen-bond acceptors (Lipinski definition) is 8. The molecule has 3 heterocycles. The van der Waals surface area contributed by atoms with Crippen LogP contribution in [0.25, 0.3) is 0 Å². The lowest BCUT2D eigenvalue weighted by molar-refractivity contribution is 0.0378. The van der Waals surface area contributed by atoms with Gasteiger partial charge in [0.15, 0.2) is 0 Å². The fraction of sp³-hybridized carbons (Fsp3) is 0.304. The van der Waals surface area contributed by atoms with E-state index in [1.807, 2.05) is 30.3 Å². The van der Waals surface area contributed by atoms with Crippen LogP contribution in [0.3, 0.4) is 0 Å². The molecule has 1 aliphatic heterocycles. The Morgan fingerprint density at radius 2 is 1.94 bits per heavy atom. The highest BCUT2D eigenvalue weighted by molar-refractivity contribution is 6.04. The van der Waals surface area contributed by atoms with Crippen molar-refractivity contribution in [3.05, 3.63) is 66.6 Å². The minimum absolute atomic E-state index is 0.213. The molecule has 0 spiro atoms. The predicted molar refractivity (Wildman–Crippen MR) is 124 cm³/mol. The molecular formula is C23H27N7O2. The second-order valence-electron chi connectivity index (χ2n) is 7.40. The Balaban J connectivity index is 1.29. The summed E-state index contributed by atoms with van der Waals surface area (Å²) < 4.78 is 5.38. The van der Waals surface area contributed by atoms with Crippen LogP contribution < -0.4 is 16.0 Å². The molecule has 1 aliphatic rings. The number of anilines is 4. The maximum Gasteiger partial charge on any atom is 0.257 e. The second kappa shape index (κ2) is 11.2. The summed E-state index contributed by atoms with van der Waals surface area (Å²) in [5.41, 5.74) is 1.95. The average Bonchev–Trinajstić information content (AvgIpc) is 2.84. The first-order chi connectivity index (χ1) is 15.8. The van der Waals surface area contributed by atoms with E-state index in [4.69, 9.17) is 4.74 Å². The number of carbonyl (C=O) groups is 1. The SMILES string of the molecule is O=C(Nc1cccc(Nc2nccc(NCCCN3CCOCC3)n2)c1)c1cccnc1. The first-order valence-corrected chi connectivity index (χ1v) is 10.7. The van der Waals surface area contributed by atoms with E-state index in [0.29, 0.717) is 17.2 Å². The number of morpholine rings is 1. The third kappa shape index (κ3) is 6.47. The van der Waals surface area contributed by atoms with Crippen molar-refractivity contribution in [2.75, 3.05) is 55.3 Å². The molecule has 0 radical (unpaired) electrons. The molecule has 0 saturated carbocycles. The summed E-state index contributed by atoms with van der Waals surface area (Å²) in [5, 5.41) is 9.42. The highest BCUT2D eigenvalue weighted by atomic mass is 16.5. The van der Waals surface area contributed by atoms with Gasteiger partial charge in [0.05, 0.1) is 18.8 Å². The van der Waals surface area contributed by atoms with E-state index in [1.54, 1.807) is 24.5 Å². The molecule has 3 N–H and O–H groups in total. The van der Waals surface area contributed by atoms with E-state index in [0.717, 1.165) is 57.3 Å². The third-order valence-corrected chi connectivity index (χ3v) is 5.02. The summed E-state index contributed by atoms with van der Waals surface area (Å²) in [6, 6.07) is 12.7. The lowest BCUT2D eigenvalue weighted by Gasteiger charge is -2.26. The van der Waals surface area contributed by atoms with Crippen molar-refractivity contribution in [1.29, 1.82) is 0 Å². The Bertz CT molecular complexity index is 1010. The van der Waals surface area contributed by atoms with Gasteiger partial charge in [0, 0.05) is 49.6 Å². The van der Waals surface area contributed by atoms with Crippen LogP contribution in [0.5, 0.6) is 0 Å². The molecule has 1 amide bonds. The van der Waals surface area contributed by atoms with Crippen LogP contribution in [0.2, 0.25) is 0 Å². The first kappa shape index (κ1) is 21.7. The molecule has 3 aromatic rings. The molecule has 9 heteroatoms. The molecule has 1 fully saturated rings. The zero-order chi connectivity index (χ0) is 22.0. The number of benzene rings is 1. The number of rotatable bonds is 9. The van der Waals surface area contributed by atoms with E-state index in [-0.39, 0.29) is 5.91 Å². The Hall–Kier alpha value is -3.56. The van der Waals surface area contributed by atoms with E-state index in [1.165, 1.54) is 6.20 Å². The monoisotopic (exact) mass is 433 g/mol. The van der Waals surface area contributed by atoms with Gasteiger partial charge in [-0.25, -0.2) is 4.98 Å². The van der Waals surface area contributed by atoms with Crippen molar-refractivity contribution in [2.45, 2.75) is 6.42 Å². The molecule has 2 aromatic heterocycles. The van der Waals surface area contributed by atoms with Gasteiger partial charge in [0.1, 0.15) is 5.82 Å². The highest BCUT2D eigenvalue weighted by Gasteiger charge is 2.09. The summed E-state index contributed by atoms with van der Waals surface area (Å²) in [4.78, 5) is 27.6. The van der Waals surface area contributed by atoms with Crippen LogP contribution in [0, 0.1) is 0 Å². The van der Waals surface area contributed by atoms with E-state index in [9.17, 15) is 4.79 Å². The van der Waals surface area contributed by atoms with Crippen molar-refractivity contribution < 1.29 is 9.53 Å². The van der Waals surface area contributed by atoms with Crippen molar-refractivity contribution in [3.63, 3.8) is 0 Å². The van der Waals surface area contributed by atoms with E-state index >= 15 is 0 Å². The van der Waals surface area contributed by atoms with Gasteiger partial charge in [-0.15, -0.1) is 0 Å². The zero-order valence-electron chi connectivity index (χ0n) is 17.8. The van der Waals surface area contributed by atoms with Gasteiger partial charge in [-0.2, -0.15) is 4.98 Å². The van der Waals surface area contributed by atoms with Crippen molar-refractivity contribution in [3.8, 4) is 0 Å². The topological polar surface area (TPSA) is 104 Å². The number of nitrogens with one attached hydrogen (secondary N) is 3. The summed E-state index contributed by atoms with van der Waals surface area (Å²) >= 11 is 0. The van der Waals surface area contributed by atoms with Crippen LogP contribution in [-0.2, 0) is 4.74 Å². The minimum atomic E-state index is -0.213. The number of carbonyl (C=O) groups excluding carboxylic acids is 1. The molecule has 166 valence electrons. The molecule has 0 atom stereocenters. The van der Waals surface area contributed by atoms with Gasteiger partial charge < -0.3 is 20.7 Å². The van der Waals surface area contributed by atoms with Gasteiger partial charge >= 0.3 is 0 Å². The molecule has 1 saturated heterocycles. The largest absolute Gasteiger partial charge is 0.379 e. The summed E-state index contributed by atoms with van der Waals surface area (Å²) in [5.74, 6) is 1.04. The van der Waals surface area contributed by atoms with Gasteiger partial charge in [-0.05, 0) is 49.4 Å². The summed E-state index contributed by atoms with van der Waals surface area (Å²) in [6.45, 7) is 5.53. The molecule has 0 aliphatic carbocycles. The number of ether oxygens (including phenoxy) is 1. The van der Waals surface area contributed by atoms with Crippen molar-refractivity contribution in [2.24, 2.45) is 0 Å². The lowest BCUT2D eigenvalue weighted by atomic mass is 10.2. The van der Waals surface area contributed by atoms with Crippen molar-refractivity contribution in [1.82, 2.24) is 19.9 Å². The normalized spacial score (nSPS) is 14.0. The molecule has 0 unspecified atom stereocenters. The zero-order valence-corrected chi connectivity index (χ0v) is 17.8. The maximum atomic E-state index is 12.3. The predicted octanol–water partition coefficient (Wildman–Crippen LogP) is 3.00. The number of hydrogen-bond donors (Lipinski definition) is 3. The smallest absolute Gasteiger partial charge is 0.257 e. The first-order valence-electron chi connectivity index (χ1n) is 10.7. The van der Waals surface area contributed by atoms with Crippen LogP contribution in [0.15, 0.2) is 61.1 Å². The Labute approximate surface area is 187 Å². The van der Waals surface area contributed by atoms with Gasteiger partial charge in [-0.3, -0.25) is 14.7 Å². The fourth-order valence-electron chi connectivity index (χ4n) is 3.37. The molecule has 32 heavy (non-hydrogen) atoms. The quantitative estimate of drug-likeness (QED) is 0.443. The molecule has 4 rings (SSSR count). The average molecular weight is 434 g/mol. The minimum Gasteiger partial charge on any atom is -0.379 e. The summed E-state index contributed by atoms with van der Waals surface area (Å²) in [7, 11) is 0. The third-order valence-electron chi connectivity index (χ3n) is 5.02. The van der Waals surface area contributed by atoms with Gasteiger partial charge in [0.25, 0.3) is 5.91 Å².